The minimum absolute atomic E-state index is 0.0743. The van der Waals surface area contributed by atoms with Crippen molar-refractivity contribution in [1.82, 2.24) is 19.2 Å². The number of morpholine rings is 1. The third-order valence-electron chi connectivity index (χ3n) is 6.88. The molecule has 9 heteroatoms. The molecule has 0 spiro atoms. The molecule has 2 aliphatic rings. The number of aromatic nitrogens is 2. The Morgan fingerprint density at radius 2 is 1.86 bits per heavy atom. The van der Waals surface area contributed by atoms with Gasteiger partial charge in [-0.2, -0.15) is 0 Å². The summed E-state index contributed by atoms with van der Waals surface area (Å²) >= 11 is 0. The lowest BCUT2D eigenvalue weighted by Gasteiger charge is -2.29. The molecule has 4 heterocycles. The number of hydrogen-bond acceptors (Lipinski definition) is 7. The Morgan fingerprint density at radius 3 is 2.58 bits per heavy atom. The summed E-state index contributed by atoms with van der Waals surface area (Å²) < 4.78 is 12.4. The highest BCUT2D eigenvalue weighted by Crippen LogP contribution is 2.40. The first-order valence-corrected chi connectivity index (χ1v) is 12.2. The SMILES string of the molecule is COc1ccc([C@@H]2/C(=C(\O)c3c(C)nc4ccccn34)C(=O)C(=O)N2CCCN2CCOCC2)cc1. The Hall–Kier alpha value is -3.69. The number of ether oxygens (including phenoxy) is 2. The molecule has 2 saturated heterocycles. The molecule has 1 amide bonds. The van der Waals surface area contributed by atoms with E-state index in [2.05, 4.69) is 9.88 Å². The van der Waals surface area contributed by atoms with Gasteiger partial charge < -0.3 is 19.5 Å². The minimum atomic E-state index is -0.714. The summed E-state index contributed by atoms with van der Waals surface area (Å²) in [5, 5.41) is 11.5. The molecule has 3 aromatic rings. The molecule has 1 atom stereocenters. The Kier molecular flexibility index (Phi) is 6.75. The summed E-state index contributed by atoms with van der Waals surface area (Å²) in [4.78, 5) is 35.0. The number of likely N-dealkylation sites (tertiary alicyclic amines) is 1. The maximum Gasteiger partial charge on any atom is 0.295 e. The zero-order valence-electron chi connectivity index (χ0n) is 20.5. The van der Waals surface area contributed by atoms with Crippen LogP contribution >= 0.6 is 0 Å². The quantitative estimate of drug-likeness (QED) is 0.309. The van der Waals surface area contributed by atoms with Crippen LogP contribution < -0.4 is 4.74 Å². The molecule has 5 rings (SSSR count). The van der Waals surface area contributed by atoms with E-state index < -0.39 is 17.7 Å². The van der Waals surface area contributed by atoms with Gasteiger partial charge in [0.1, 0.15) is 17.1 Å². The van der Waals surface area contributed by atoms with Crippen molar-refractivity contribution in [3.63, 3.8) is 0 Å². The zero-order chi connectivity index (χ0) is 25.2. The summed E-state index contributed by atoms with van der Waals surface area (Å²) in [7, 11) is 1.58. The van der Waals surface area contributed by atoms with Gasteiger partial charge in [0.2, 0.25) is 0 Å². The number of aliphatic hydroxyl groups is 1. The van der Waals surface area contributed by atoms with Crippen molar-refractivity contribution in [1.29, 1.82) is 0 Å². The van der Waals surface area contributed by atoms with Crippen LogP contribution in [-0.4, -0.2) is 82.5 Å². The van der Waals surface area contributed by atoms with Crippen molar-refractivity contribution in [2.24, 2.45) is 0 Å². The number of carbonyl (C=O) groups is 2. The molecule has 0 unspecified atom stereocenters. The Bertz CT molecular complexity index is 1310. The van der Waals surface area contributed by atoms with Gasteiger partial charge in [0.05, 0.1) is 37.6 Å². The van der Waals surface area contributed by atoms with E-state index in [1.54, 1.807) is 41.7 Å². The van der Waals surface area contributed by atoms with E-state index in [-0.39, 0.29) is 11.3 Å². The number of carbonyl (C=O) groups excluding carboxylic acids is 2. The maximum atomic E-state index is 13.4. The van der Waals surface area contributed by atoms with Crippen molar-refractivity contribution in [2.45, 2.75) is 19.4 Å². The second-order valence-corrected chi connectivity index (χ2v) is 9.05. The number of nitrogens with zero attached hydrogens (tertiary/aromatic N) is 4. The minimum Gasteiger partial charge on any atom is -0.505 e. The number of imidazole rings is 1. The molecule has 0 bridgehead atoms. The lowest BCUT2D eigenvalue weighted by atomic mass is 9.96. The van der Waals surface area contributed by atoms with Gasteiger partial charge in [-0.3, -0.25) is 18.9 Å². The molecule has 0 radical (unpaired) electrons. The smallest absolute Gasteiger partial charge is 0.295 e. The molecule has 36 heavy (non-hydrogen) atoms. The van der Waals surface area contributed by atoms with Crippen molar-refractivity contribution in [2.75, 3.05) is 46.5 Å². The predicted octanol–water partition coefficient (Wildman–Crippen LogP) is 2.80. The number of amides is 1. The highest BCUT2D eigenvalue weighted by Gasteiger charge is 2.46. The number of pyridine rings is 1. The van der Waals surface area contributed by atoms with Gasteiger partial charge in [0, 0.05) is 32.4 Å². The molecular formula is C27H30N4O5. The fraction of sp³-hybridized carbons (Fsp3) is 0.370. The first kappa shape index (κ1) is 24.0. The molecule has 9 nitrogen and oxygen atoms in total. The summed E-state index contributed by atoms with van der Waals surface area (Å²) in [6, 6.07) is 12.1. The van der Waals surface area contributed by atoms with Gasteiger partial charge in [-0.15, -0.1) is 0 Å². The van der Waals surface area contributed by atoms with Crippen LogP contribution in [0, 0.1) is 6.92 Å². The summed E-state index contributed by atoms with van der Waals surface area (Å²) in [6.45, 7) is 6.09. The number of aliphatic hydroxyl groups excluding tert-OH is 1. The number of fused-ring (bicyclic) bond motifs is 1. The second kappa shape index (κ2) is 10.1. The van der Waals surface area contributed by atoms with Crippen molar-refractivity contribution in [3.05, 3.63) is 71.2 Å². The summed E-state index contributed by atoms with van der Waals surface area (Å²) in [5.74, 6) is -0.850. The number of benzene rings is 1. The van der Waals surface area contributed by atoms with Crippen molar-refractivity contribution < 1.29 is 24.2 Å². The van der Waals surface area contributed by atoms with E-state index in [1.165, 1.54) is 0 Å². The van der Waals surface area contributed by atoms with Gasteiger partial charge in [0.25, 0.3) is 11.7 Å². The average molecular weight is 491 g/mol. The molecule has 0 aliphatic carbocycles. The van der Waals surface area contributed by atoms with E-state index >= 15 is 0 Å². The van der Waals surface area contributed by atoms with E-state index in [9.17, 15) is 14.7 Å². The number of ketones is 1. The standard InChI is InChI=1S/C27H30N4O5/c1-18-23(30-12-4-3-6-21(30)28-18)25(32)22-24(19-7-9-20(35-2)10-8-19)31(27(34)26(22)33)13-5-11-29-14-16-36-17-15-29/h3-4,6-10,12,24,32H,5,11,13-17H2,1-2H3/b25-22+/t24-/m1/s1. The van der Waals surface area contributed by atoms with E-state index in [0.29, 0.717) is 49.0 Å². The molecule has 2 aliphatic heterocycles. The van der Waals surface area contributed by atoms with Gasteiger partial charge in [-0.05, 0) is 43.2 Å². The molecule has 1 N–H and O–H groups in total. The maximum absolute atomic E-state index is 13.4. The highest BCUT2D eigenvalue weighted by molar-refractivity contribution is 6.46. The third kappa shape index (κ3) is 4.36. The first-order valence-electron chi connectivity index (χ1n) is 12.2. The molecule has 188 valence electrons. The normalized spacial score (nSPS) is 20.4. The van der Waals surface area contributed by atoms with Crippen LogP contribution in [0.25, 0.3) is 11.4 Å². The number of methoxy groups -OCH3 is 1. The van der Waals surface area contributed by atoms with Crippen molar-refractivity contribution >= 4 is 23.1 Å². The monoisotopic (exact) mass is 490 g/mol. The average Bonchev–Trinajstić information content (AvgIpc) is 3.37. The van der Waals surface area contributed by atoms with E-state index in [4.69, 9.17) is 9.47 Å². The Labute approximate surface area is 209 Å². The summed E-state index contributed by atoms with van der Waals surface area (Å²) in [5.41, 5.74) is 2.44. The molecule has 1 aromatic carbocycles. The Balaban J connectivity index is 1.55. The van der Waals surface area contributed by atoms with Crippen LogP contribution in [0.1, 0.15) is 29.4 Å². The van der Waals surface area contributed by atoms with Crippen LogP contribution in [0.5, 0.6) is 5.75 Å². The number of Topliss-reactive ketones (excluding diaryl/α,β-unsaturated/α-hetero) is 1. The van der Waals surface area contributed by atoms with Gasteiger partial charge in [-0.25, -0.2) is 4.98 Å². The lowest BCUT2D eigenvalue weighted by molar-refractivity contribution is -0.140. The third-order valence-corrected chi connectivity index (χ3v) is 6.88. The molecular weight excluding hydrogens is 460 g/mol. The zero-order valence-corrected chi connectivity index (χ0v) is 20.5. The summed E-state index contributed by atoms with van der Waals surface area (Å²) in [6.07, 6.45) is 2.49. The largest absolute Gasteiger partial charge is 0.505 e. The first-order chi connectivity index (χ1) is 17.5. The van der Waals surface area contributed by atoms with E-state index in [0.717, 1.165) is 25.2 Å². The molecule has 0 saturated carbocycles. The van der Waals surface area contributed by atoms with E-state index in [1.807, 2.05) is 30.3 Å². The molecule has 2 fully saturated rings. The topological polar surface area (TPSA) is 96.6 Å². The van der Waals surface area contributed by atoms with Crippen LogP contribution in [0.2, 0.25) is 0 Å². The fourth-order valence-corrected chi connectivity index (χ4v) is 5.06. The Morgan fingerprint density at radius 1 is 1.11 bits per heavy atom. The fourth-order valence-electron chi connectivity index (χ4n) is 5.06. The highest BCUT2D eigenvalue weighted by atomic mass is 16.5. The number of rotatable bonds is 7. The van der Waals surface area contributed by atoms with Gasteiger partial charge in [-0.1, -0.05) is 18.2 Å². The van der Waals surface area contributed by atoms with Gasteiger partial charge in [0.15, 0.2) is 5.76 Å². The van der Waals surface area contributed by atoms with Gasteiger partial charge >= 0.3 is 0 Å². The molecule has 2 aromatic heterocycles. The van der Waals surface area contributed by atoms with Crippen LogP contribution in [0.15, 0.2) is 54.2 Å². The van der Waals surface area contributed by atoms with Crippen LogP contribution in [0.4, 0.5) is 0 Å². The number of hydrogen-bond donors (Lipinski definition) is 1. The van der Waals surface area contributed by atoms with Crippen LogP contribution in [-0.2, 0) is 14.3 Å². The predicted molar refractivity (Wildman–Crippen MR) is 134 cm³/mol. The van der Waals surface area contributed by atoms with Crippen LogP contribution in [0.3, 0.4) is 0 Å². The number of aryl methyl sites for hydroxylation is 1. The van der Waals surface area contributed by atoms with Crippen molar-refractivity contribution in [3.8, 4) is 5.75 Å². The second-order valence-electron chi connectivity index (χ2n) is 9.05. The lowest BCUT2D eigenvalue weighted by Crippen LogP contribution is -2.38.